The number of esters is 1. The van der Waals surface area contributed by atoms with Crippen LogP contribution in [0.5, 0.6) is 0 Å². The number of fused-ring (bicyclic) bond motifs is 2. The highest BCUT2D eigenvalue weighted by Crippen LogP contribution is 2.29. The standard InChI is InChI=1S/C21H16ClN3O3/c1-2-28-21(27)17-14-9-8-13(22)11-15(14)20(26)25(19(17)23)16-7-3-5-12-6-4-10-24-18(12)16/h3-11H,2,23H2,1H3. The number of nitrogens with two attached hydrogens (primary N) is 1. The van der Waals surface area contributed by atoms with Crippen molar-refractivity contribution in [3.8, 4) is 5.69 Å². The van der Waals surface area contributed by atoms with Crippen LogP contribution < -0.4 is 11.3 Å². The van der Waals surface area contributed by atoms with Gasteiger partial charge in [-0.05, 0) is 31.2 Å². The van der Waals surface area contributed by atoms with Crippen LogP contribution in [0.25, 0.3) is 27.4 Å². The molecule has 7 heteroatoms. The number of hydrogen-bond acceptors (Lipinski definition) is 5. The van der Waals surface area contributed by atoms with Crippen molar-refractivity contribution in [1.82, 2.24) is 9.55 Å². The van der Waals surface area contributed by atoms with Gasteiger partial charge >= 0.3 is 5.97 Å². The van der Waals surface area contributed by atoms with Crippen LogP contribution in [0.15, 0.2) is 59.5 Å². The summed E-state index contributed by atoms with van der Waals surface area (Å²) in [6.07, 6.45) is 1.64. The molecule has 0 aliphatic carbocycles. The van der Waals surface area contributed by atoms with Gasteiger partial charge in [0.05, 0.1) is 23.2 Å². The molecule has 0 radical (unpaired) electrons. The van der Waals surface area contributed by atoms with E-state index in [2.05, 4.69) is 4.98 Å². The summed E-state index contributed by atoms with van der Waals surface area (Å²) in [5.74, 6) is -0.606. The topological polar surface area (TPSA) is 87.2 Å². The molecule has 0 saturated carbocycles. The number of nitrogen functional groups attached to an aromatic ring is 1. The number of anilines is 1. The fraction of sp³-hybridized carbons (Fsp3) is 0.0952. The lowest BCUT2D eigenvalue weighted by molar-refractivity contribution is 0.0529. The maximum Gasteiger partial charge on any atom is 0.342 e. The van der Waals surface area contributed by atoms with Gasteiger partial charge in [-0.1, -0.05) is 35.9 Å². The van der Waals surface area contributed by atoms with Crippen LogP contribution in [-0.2, 0) is 4.74 Å². The summed E-state index contributed by atoms with van der Waals surface area (Å²) >= 11 is 6.11. The normalized spacial score (nSPS) is 11.1. The minimum absolute atomic E-state index is 0.00331. The van der Waals surface area contributed by atoms with Crippen molar-refractivity contribution in [2.24, 2.45) is 0 Å². The third kappa shape index (κ3) is 2.78. The van der Waals surface area contributed by atoms with Gasteiger partial charge in [-0.15, -0.1) is 0 Å². The molecule has 0 spiro atoms. The van der Waals surface area contributed by atoms with Crippen LogP contribution in [0.3, 0.4) is 0 Å². The molecule has 0 atom stereocenters. The van der Waals surface area contributed by atoms with Crippen molar-refractivity contribution in [3.05, 3.63) is 75.7 Å². The molecule has 6 nitrogen and oxygen atoms in total. The Morgan fingerprint density at radius 1 is 1.18 bits per heavy atom. The van der Waals surface area contributed by atoms with Crippen LogP contribution in [0, 0.1) is 0 Å². The largest absolute Gasteiger partial charge is 0.462 e. The van der Waals surface area contributed by atoms with E-state index < -0.39 is 5.97 Å². The number of halogens is 1. The molecule has 140 valence electrons. The molecule has 4 rings (SSSR count). The molecular weight excluding hydrogens is 378 g/mol. The van der Waals surface area contributed by atoms with E-state index in [1.54, 1.807) is 37.4 Å². The highest BCUT2D eigenvalue weighted by Gasteiger charge is 2.23. The van der Waals surface area contributed by atoms with Gasteiger partial charge in [-0.25, -0.2) is 4.79 Å². The Bertz CT molecular complexity index is 1290. The first-order chi connectivity index (χ1) is 13.5. The van der Waals surface area contributed by atoms with Crippen molar-refractivity contribution in [2.45, 2.75) is 6.92 Å². The third-order valence-electron chi connectivity index (χ3n) is 4.51. The van der Waals surface area contributed by atoms with Crippen LogP contribution in [-0.4, -0.2) is 22.1 Å². The first-order valence-corrected chi connectivity index (χ1v) is 9.05. The van der Waals surface area contributed by atoms with Gasteiger partial charge < -0.3 is 10.5 Å². The number of hydrogen-bond donors (Lipinski definition) is 1. The van der Waals surface area contributed by atoms with E-state index in [-0.39, 0.29) is 28.9 Å². The molecule has 28 heavy (non-hydrogen) atoms. The quantitative estimate of drug-likeness (QED) is 0.532. The van der Waals surface area contributed by atoms with Crippen LogP contribution in [0.4, 0.5) is 5.82 Å². The van der Waals surface area contributed by atoms with Gasteiger partial charge in [-0.3, -0.25) is 14.3 Å². The highest BCUT2D eigenvalue weighted by molar-refractivity contribution is 6.31. The fourth-order valence-electron chi connectivity index (χ4n) is 3.32. The molecule has 0 saturated heterocycles. The maximum absolute atomic E-state index is 13.3. The van der Waals surface area contributed by atoms with E-state index in [0.717, 1.165) is 5.39 Å². The Balaban J connectivity index is 2.17. The molecule has 2 heterocycles. The summed E-state index contributed by atoms with van der Waals surface area (Å²) in [6.45, 7) is 1.89. The lowest BCUT2D eigenvalue weighted by Crippen LogP contribution is -2.26. The SMILES string of the molecule is CCOC(=O)c1c(N)n(-c2cccc3cccnc23)c(=O)c2cc(Cl)ccc12. The second-order valence-corrected chi connectivity index (χ2v) is 6.60. The Hall–Kier alpha value is -3.38. The summed E-state index contributed by atoms with van der Waals surface area (Å²) in [7, 11) is 0. The number of carbonyl (C=O) groups excluding carboxylic acids is 1. The summed E-state index contributed by atoms with van der Waals surface area (Å²) in [5, 5.41) is 1.90. The maximum atomic E-state index is 13.3. The Labute approximate surface area is 165 Å². The lowest BCUT2D eigenvalue weighted by atomic mass is 10.1. The number of benzene rings is 2. The number of carbonyl (C=O) groups is 1. The van der Waals surface area contributed by atoms with Gasteiger partial charge in [-0.2, -0.15) is 0 Å². The number of rotatable bonds is 3. The van der Waals surface area contributed by atoms with Crippen LogP contribution in [0.2, 0.25) is 5.02 Å². The van der Waals surface area contributed by atoms with E-state index in [0.29, 0.717) is 21.6 Å². The molecule has 2 N–H and O–H groups in total. The Morgan fingerprint density at radius 3 is 2.75 bits per heavy atom. The van der Waals surface area contributed by atoms with Gasteiger partial charge in [0.25, 0.3) is 5.56 Å². The van der Waals surface area contributed by atoms with Gasteiger partial charge in [0.1, 0.15) is 11.4 Å². The smallest absolute Gasteiger partial charge is 0.342 e. The van der Waals surface area contributed by atoms with Crippen molar-refractivity contribution >= 4 is 45.1 Å². The summed E-state index contributed by atoms with van der Waals surface area (Å²) in [6, 6.07) is 13.9. The average molecular weight is 394 g/mol. The number of ether oxygens (including phenoxy) is 1. The summed E-state index contributed by atoms with van der Waals surface area (Å²) in [5.41, 5.74) is 7.15. The summed E-state index contributed by atoms with van der Waals surface area (Å²) < 4.78 is 6.47. The molecular formula is C21H16ClN3O3. The molecule has 0 unspecified atom stereocenters. The predicted molar refractivity (Wildman–Crippen MR) is 110 cm³/mol. The van der Waals surface area contributed by atoms with E-state index >= 15 is 0 Å². The average Bonchev–Trinajstić information content (AvgIpc) is 2.69. The van der Waals surface area contributed by atoms with Crippen LogP contribution in [0.1, 0.15) is 17.3 Å². The second-order valence-electron chi connectivity index (χ2n) is 6.16. The fourth-order valence-corrected chi connectivity index (χ4v) is 3.49. The molecule has 2 aromatic carbocycles. The van der Waals surface area contributed by atoms with Crippen molar-refractivity contribution < 1.29 is 9.53 Å². The van der Waals surface area contributed by atoms with Crippen molar-refractivity contribution in [3.63, 3.8) is 0 Å². The monoisotopic (exact) mass is 393 g/mol. The molecule has 0 fully saturated rings. The third-order valence-corrected chi connectivity index (χ3v) is 4.75. The highest BCUT2D eigenvalue weighted by atomic mass is 35.5. The second kappa shape index (κ2) is 6.98. The zero-order valence-electron chi connectivity index (χ0n) is 15.0. The zero-order valence-corrected chi connectivity index (χ0v) is 15.7. The summed E-state index contributed by atoms with van der Waals surface area (Å²) in [4.78, 5) is 30.4. The molecule has 0 aliphatic rings. The van der Waals surface area contributed by atoms with E-state index in [9.17, 15) is 9.59 Å². The molecule has 2 aromatic heterocycles. The van der Waals surface area contributed by atoms with Gasteiger partial charge in [0.2, 0.25) is 0 Å². The predicted octanol–water partition coefficient (Wildman–Crippen LogP) is 3.95. The van der Waals surface area contributed by atoms with Gasteiger partial charge in [0.15, 0.2) is 0 Å². The molecule has 4 aromatic rings. The minimum atomic E-state index is -0.603. The number of para-hydroxylation sites is 1. The van der Waals surface area contributed by atoms with Crippen molar-refractivity contribution in [1.29, 1.82) is 0 Å². The van der Waals surface area contributed by atoms with E-state index in [4.69, 9.17) is 22.1 Å². The minimum Gasteiger partial charge on any atom is -0.462 e. The van der Waals surface area contributed by atoms with Crippen LogP contribution >= 0.6 is 11.6 Å². The van der Waals surface area contributed by atoms with E-state index in [1.165, 1.54) is 10.6 Å². The number of pyridine rings is 2. The Morgan fingerprint density at radius 2 is 1.96 bits per heavy atom. The Kier molecular flexibility index (Phi) is 4.49. The van der Waals surface area contributed by atoms with Crippen molar-refractivity contribution in [2.75, 3.05) is 12.3 Å². The first kappa shape index (κ1) is 18.0. The zero-order chi connectivity index (χ0) is 19.8. The first-order valence-electron chi connectivity index (χ1n) is 8.68. The lowest BCUT2D eigenvalue weighted by Gasteiger charge is -2.17. The molecule has 0 bridgehead atoms. The molecule has 0 aliphatic heterocycles. The number of aromatic nitrogens is 2. The molecule has 0 amide bonds. The van der Waals surface area contributed by atoms with E-state index in [1.807, 2.05) is 18.2 Å². The van der Waals surface area contributed by atoms with Gasteiger partial charge in [0, 0.05) is 22.0 Å². The number of nitrogens with zero attached hydrogens (tertiary/aromatic N) is 2.